The van der Waals surface area contributed by atoms with Crippen LogP contribution in [0.15, 0.2) is 66.7 Å². The first kappa shape index (κ1) is 35.7. The lowest BCUT2D eigenvalue weighted by atomic mass is 9.84. The molecule has 1 aliphatic rings. The van der Waals surface area contributed by atoms with Gasteiger partial charge in [0, 0.05) is 54.7 Å². The van der Waals surface area contributed by atoms with Gasteiger partial charge in [-0.3, -0.25) is 14.4 Å². The number of phenolic OH excluding ortho intramolecular Hbond substituents is 2. The quantitative estimate of drug-likeness (QED) is 0.104. The molecule has 5 rings (SSSR count). The van der Waals surface area contributed by atoms with Gasteiger partial charge in [0.05, 0.1) is 13.2 Å². The molecule has 2 amide bonds. The number of aromatic hydroxyl groups is 2. The minimum Gasteiger partial charge on any atom is -0.507 e. The van der Waals surface area contributed by atoms with Crippen molar-refractivity contribution in [3.63, 3.8) is 0 Å². The fourth-order valence-electron chi connectivity index (χ4n) is 6.17. The summed E-state index contributed by atoms with van der Waals surface area (Å²) < 4.78 is 11.0. The molecule has 0 aliphatic carbocycles. The van der Waals surface area contributed by atoms with Crippen molar-refractivity contribution in [1.82, 2.24) is 15.6 Å². The van der Waals surface area contributed by atoms with E-state index in [1.807, 2.05) is 24.3 Å². The van der Waals surface area contributed by atoms with Crippen molar-refractivity contribution in [3.8, 4) is 17.2 Å². The van der Waals surface area contributed by atoms with Crippen LogP contribution < -0.4 is 15.4 Å². The van der Waals surface area contributed by atoms with Crippen molar-refractivity contribution >= 4 is 40.5 Å². The zero-order valence-corrected chi connectivity index (χ0v) is 28.3. The first-order chi connectivity index (χ1) is 24.1. The van der Waals surface area contributed by atoms with Crippen LogP contribution in [0.5, 0.6) is 17.2 Å². The van der Waals surface area contributed by atoms with Crippen LogP contribution in [0.3, 0.4) is 0 Å². The molecule has 0 radical (unpaired) electrons. The summed E-state index contributed by atoms with van der Waals surface area (Å²) in [4.78, 5) is 54.9. The molecular formula is C39H43N3O8. The van der Waals surface area contributed by atoms with E-state index in [9.17, 15) is 29.4 Å². The van der Waals surface area contributed by atoms with E-state index in [1.54, 1.807) is 49.4 Å². The minimum atomic E-state index is -0.875. The van der Waals surface area contributed by atoms with Gasteiger partial charge >= 0.3 is 5.97 Å². The van der Waals surface area contributed by atoms with E-state index in [0.29, 0.717) is 55.5 Å². The molecule has 5 N–H and O–H groups in total. The predicted molar refractivity (Wildman–Crippen MR) is 189 cm³/mol. The highest BCUT2D eigenvalue weighted by Gasteiger charge is 2.31. The van der Waals surface area contributed by atoms with Crippen molar-refractivity contribution in [2.24, 2.45) is 0 Å². The van der Waals surface area contributed by atoms with E-state index in [1.165, 1.54) is 13.2 Å². The number of Topliss-reactive ketones (excluding diaryl/α,β-unsaturated/α-hetero) is 1. The molecule has 0 saturated heterocycles. The van der Waals surface area contributed by atoms with E-state index >= 15 is 0 Å². The van der Waals surface area contributed by atoms with E-state index in [4.69, 9.17) is 9.47 Å². The Morgan fingerprint density at radius 1 is 1.00 bits per heavy atom. The fourth-order valence-corrected chi connectivity index (χ4v) is 6.17. The van der Waals surface area contributed by atoms with Gasteiger partial charge in [0.25, 0.3) is 5.91 Å². The number of phenols is 2. The summed E-state index contributed by atoms with van der Waals surface area (Å²) in [6, 6.07) is 17.6. The number of cyclic esters (lactones) is 1. The zero-order chi connectivity index (χ0) is 35.6. The lowest BCUT2D eigenvalue weighted by Gasteiger charge is -2.23. The van der Waals surface area contributed by atoms with Gasteiger partial charge in [0.15, 0.2) is 0 Å². The maximum atomic E-state index is 13.6. The molecule has 1 aliphatic heterocycles. The smallest absolute Gasteiger partial charge is 0.342 e. The van der Waals surface area contributed by atoms with Gasteiger partial charge in [0.2, 0.25) is 5.91 Å². The molecule has 3 aromatic carbocycles. The number of hydrogen-bond donors (Lipinski definition) is 5. The molecular weight excluding hydrogens is 638 g/mol. The Morgan fingerprint density at radius 3 is 2.50 bits per heavy atom. The maximum absolute atomic E-state index is 13.6. The molecule has 2 heterocycles. The highest BCUT2D eigenvalue weighted by Crippen LogP contribution is 2.44. The first-order valence-corrected chi connectivity index (χ1v) is 16.9. The third-order valence-corrected chi connectivity index (χ3v) is 8.81. The topological polar surface area (TPSA) is 167 Å². The second-order valence-corrected chi connectivity index (χ2v) is 12.5. The number of para-hydroxylation sites is 1. The third kappa shape index (κ3) is 8.90. The molecule has 11 heteroatoms. The van der Waals surface area contributed by atoms with Gasteiger partial charge in [-0.15, -0.1) is 0 Å². The fraction of sp³-hybridized carbons (Fsp3) is 0.333. The first-order valence-electron chi connectivity index (χ1n) is 16.9. The maximum Gasteiger partial charge on any atom is 0.342 e. The summed E-state index contributed by atoms with van der Waals surface area (Å²) in [6.45, 7) is 2.02. The Balaban J connectivity index is 1.38. The number of hydrogen-bond acceptors (Lipinski definition) is 8. The van der Waals surface area contributed by atoms with Gasteiger partial charge in [-0.25, -0.2) is 4.79 Å². The van der Waals surface area contributed by atoms with Crippen LogP contribution in [0.25, 0.3) is 17.0 Å². The van der Waals surface area contributed by atoms with Crippen LogP contribution in [0.4, 0.5) is 0 Å². The Morgan fingerprint density at radius 2 is 1.74 bits per heavy atom. The summed E-state index contributed by atoms with van der Waals surface area (Å²) in [5, 5.41) is 29.6. The third-order valence-electron chi connectivity index (χ3n) is 8.81. The van der Waals surface area contributed by atoms with Crippen molar-refractivity contribution in [2.45, 2.75) is 63.9 Å². The van der Waals surface area contributed by atoms with Gasteiger partial charge in [-0.2, -0.15) is 0 Å². The predicted octanol–water partition coefficient (Wildman–Crippen LogP) is 6.14. The Kier molecular flexibility index (Phi) is 11.9. The number of allylic oxidation sites excluding steroid dienone is 1. The lowest BCUT2D eigenvalue weighted by Crippen LogP contribution is -2.35. The number of fused-ring (bicyclic) bond motifs is 2. The van der Waals surface area contributed by atoms with Gasteiger partial charge < -0.3 is 35.3 Å². The number of H-pyrrole nitrogens is 1. The van der Waals surface area contributed by atoms with Crippen LogP contribution in [0.1, 0.15) is 95.3 Å². The van der Waals surface area contributed by atoms with E-state index < -0.39 is 29.6 Å². The molecule has 4 aromatic rings. The van der Waals surface area contributed by atoms with Gasteiger partial charge in [-0.1, -0.05) is 42.5 Å². The summed E-state index contributed by atoms with van der Waals surface area (Å²) in [5.74, 6) is -2.41. The normalized spacial score (nSPS) is 16.8. The number of carbonyl (C=O) groups is 4. The zero-order valence-electron chi connectivity index (χ0n) is 28.3. The number of ketones is 1. The molecule has 0 spiro atoms. The Hall–Kier alpha value is -5.58. The minimum absolute atomic E-state index is 0.000830. The monoisotopic (exact) mass is 681 g/mol. The molecule has 0 fully saturated rings. The standard InChI is InChI=1S/C39H43N3O8/c1-24-9-8-13-28(43)12-5-3-4-11-27-22-33(44)36(37(46)35(27)39(48)50-24)30(25-15-17-29(49-2)18-16-25)23-34(45)40-19-20-41-38(47)32-21-26-10-6-7-14-31(26)42-32/h4,6-7,10-11,14-18,21-22,24,30,42,44,46H,3,5,8-9,12-13,19-20,23H2,1-2H3,(H,40,45)(H,41,47)/b11-4+/t24-,30?/m0/s1. The summed E-state index contributed by atoms with van der Waals surface area (Å²) >= 11 is 0. The van der Waals surface area contributed by atoms with Crippen LogP contribution >= 0.6 is 0 Å². The highest BCUT2D eigenvalue weighted by molar-refractivity contribution is 5.99. The number of aromatic nitrogens is 1. The molecule has 1 aromatic heterocycles. The summed E-state index contributed by atoms with van der Waals surface area (Å²) in [6.07, 6.45) is 5.81. The average Bonchev–Trinajstić information content (AvgIpc) is 3.54. The molecule has 1 unspecified atom stereocenters. The highest BCUT2D eigenvalue weighted by atomic mass is 16.5. The van der Waals surface area contributed by atoms with Gasteiger partial charge in [0.1, 0.15) is 34.3 Å². The van der Waals surface area contributed by atoms with Crippen LogP contribution in [-0.2, 0) is 14.3 Å². The van der Waals surface area contributed by atoms with Crippen molar-refractivity contribution in [1.29, 1.82) is 0 Å². The molecule has 0 bridgehead atoms. The summed E-state index contributed by atoms with van der Waals surface area (Å²) in [5.41, 5.74) is 1.97. The van der Waals surface area contributed by atoms with E-state index in [2.05, 4.69) is 15.6 Å². The van der Waals surface area contributed by atoms with E-state index in [-0.39, 0.29) is 53.6 Å². The number of amides is 2. The van der Waals surface area contributed by atoms with Crippen molar-refractivity contribution in [2.75, 3.05) is 20.2 Å². The molecule has 262 valence electrons. The number of rotatable bonds is 9. The lowest BCUT2D eigenvalue weighted by molar-refractivity contribution is -0.121. The number of carbonyl (C=O) groups excluding carboxylic acids is 4. The van der Waals surface area contributed by atoms with Crippen molar-refractivity contribution in [3.05, 3.63) is 94.7 Å². The largest absolute Gasteiger partial charge is 0.507 e. The molecule has 2 atom stereocenters. The van der Waals surface area contributed by atoms with E-state index in [0.717, 1.165) is 10.9 Å². The Labute approximate surface area is 290 Å². The number of nitrogens with one attached hydrogen (secondary N) is 3. The average molecular weight is 682 g/mol. The number of esters is 1. The summed E-state index contributed by atoms with van der Waals surface area (Å²) in [7, 11) is 1.53. The SMILES string of the molecule is COc1ccc(C(CC(=O)NCCNC(=O)c2cc3ccccc3[nH]2)c2c(O)cc3c(c2O)C(=O)O[C@@H](C)CCCC(=O)CCC/C=C/3)cc1. The second-order valence-electron chi connectivity index (χ2n) is 12.5. The number of benzene rings is 3. The van der Waals surface area contributed by atoms with Gasteiger partial charge in [-0.05, 0) is 74.1 Å². The van der Waals surface area contributed by atoms with Crippen LogP contribution in [0.2, 0.25) is 0 Å². The van der Waals surface area contributed by atoms with Crippen molar-refractivity contribution < 1.29 is 38.9 Å². The molecule has 11 nitrogen and oxygen atoms in total. The molecule has 0 saturated carbocycles. The number of methoxy groups -OCH3 is 1. The number of aromatic amines is 1. The molecule has 50 heavy (non-hydrogen) atoms. The second kappa shape index (κ2) is 16.7. The Bertz CT molecular complexity index is 1850. The number of ether oxygens (including phenoxy) is 2. The van der Waals surface area contributed by atoms with Crippen LogP contribution in [-0.4, -0.2) is 65.1 Å². The van der Waals surface area contributed by atoms with Crippen LogP contribution in [0, 0.1) is 0 Å².